The summed E-state index contributed by atoms with van der Waals surface area (Å²) in [6.07, 6.45) is 3.78. The molecule has 3 rings (SSSR count). The molecule has 2 aliphatic rings. The topological polar surface area (TPSA) is 75.6 Å². The third kappa shape index (κ3) is 5.53. The standard InChI is InChI=1S/C19H24ClNO4S.ClH/c1-2-25-19(24)15-6-4-13(20)9-17(15)26-14-5-3-11-10-21-16(18(22)23)8-12(11)7-14;/h4,6,9,11-12,14,16,21H,2-3,5,7-8,10H2,1H3,(H,22,23);1H. The van der Waals surface area contributed by atoms with Crippen LogP contribution in [0.25, 0.3) is 0 Å². The summed E-state index contributed by atoms with van der Waals surface area (Å²) in [6.45, 7) is 2.91. The minimum Gasteiger partial charge on any atom is -0.480 e. The van der Waals surface area contributed by atoms with Gasteiger partial charge in [0.2, 0.25) is 0 Å². The lowest BCUT2D eigenvalue weighted by Crippen LogP contribution is -2.49. The Morgan fingerprint density at radius 2 is 2.07 bits per heavy atom. The average molecular weight is 434 g/mol. The molecule has 0 bridgehead atoms. The molecule has 1 aromatic rings. The largest absolute Gasteiger partial charge is 0.480 e. The molecule has 0 amide bonds. The molecule has 150 valence electrons. The number of ether oxygens (including phenoxy) is 1. The van der Waals surface area contributed by atoms with Crippen molar-refractivity contribution in [2.24, 2.45) is 11.8 Å². The van der Waals surface area contributed by atoms with E-state index in [1.807, 2.05) is 6.07 Å². The Balaban J connectivity index is 0.00000261. The van der Waals surface area contributed by atoms with Gasteiger partial charge in [-0.15, -0.1) is 24.2 Å². The van der Waals surface area contributed by atoms with E-state index in [-0.39, 0.29) is 18.4 Å². The van der Waals surface area contributed by atoms with Crippen LogP contribution in [0.4, 0.5) is 0 Å². The van der Waals surface area contributed by atoms with Crippen LogP contribution in [0.2, 0.25) is 5.02 Å². The van der Waals surface area contributed by atoms with Crippen molar-refractivity contribution in [1.29, 1.82) is 0 Å². The van der Waals surface area contributed by atoms with E-state index >= 15 is 0 Å². The maximum atomic E-state index is 12.2. The molecule has 0 radical (unpaired) electrons. The number of piperidine rings is 1. The number of carboxylic acids is 1. The van der Waals surface area contributed by atoms with E-state index in [1.165, 1.54) is 0 Å². The van der Waals surface area contributed by atoms with Gasteiger partial charge in [-0.2, -0.15) is 0 Å². The number of carboxylic acid groups (broad SMARTS) is 1. The molecule has 2 N–H and O–H groups in total. The number of carbonyl (C=O) groups excluding carboxylic acids is 1. The first-order valence-electron chi connectivity index (χ1n) is 9.07. The molecule has 2 fully saturated rings. The van der Waals surface area contributed by atoms with Gasteiger partial charge in [0.1, 0.15) is 6.04 Å². The highest BCUT2D eigenvalue weighted by Crippen LogP contribution is 2.43. The molecule has 1 aromatic carbocycles. The average Bonchev–Trinajstić information content (AvgIpc) is 2.61. The van der Waals surface area contributed by atoms with Gasteiger partial charge < -0.3 is 15.2 Å². The van der Waals surface area contributed by atoms with Gasteiger partial charge >= 0.3 is 11.9 Å². The number of halogens is 2. The Bertz CT molecular complexity index is 688. The molecular weight excluding hydrogens is 409 g/mol. The molecule has 1 aliphatic heterocycles. The molecule has 0 spiro atoms. The minimum absolute atomic E-state index is 0. The van der Waals surface area contributed by atoms with Crippen LogP contribution in [0.5, 0.6) is 0 Å². The summed E-state index contributed by atoms with van der Waals surface area (Å²) in [6, 6.07) is 4.81. The van der Waals surface area contributed by atoms with E-state index in [4.69, 9.17) is 16.3 Å². The minimum atomic E-state index is -0.766. The predicted molar refractivity (Wildman–Crippen MR) is 109 cm³/mol. The second kappa shape index (κ2) is 10.0. The molecule has 1 aliphatic carbocycles. The summed E-state index contributed by atoms with van der Waals surface area (Å²) in [7, 11) is 0. The summed E-state index contributed by atoms with van der Waals surface area (Å²) in [4.78, 5) is 24.3. The van der Waals surface area contributed by atoms with E-state index in [2.05, 4.69) is 5.32 Å². The highest BCUT2D eigenvalue weighted by atomic mass is 35.5. The summed E-state index contributed by atoms with van der Waals surface area (Å²) < 4.78 is 5.16. The zero-order valence-electron chi connectivity index (χ0n) is 15.2. The van der Waals surface area contributed by atoms with Crippen LogP contribution in [0.1, 0.15) is 43.0 Å². The number of nitrogens with one attached hydrogen (secondary N) is 1. The van der Waals surface area contributed by atoms with Gasteiger partial charge in [0.25, 0.3) is 0 Å². The summed E-state index contributed by atoms with van der Waals surface area (Å²) >= 11 is 7.81. The van der Waals surface area contributed by atoms with Crippen LogP contribution < -0.4 is 5.32 Å². The van der Waals surface area contributed by atoms with E-state index in [9.17, 15) is 14.7 Å². The van der Waals surface area contributed by atoms with Crippen LogP contribution in [-0.2, 0) is 9.53 Å². The molecule has 1 saturated carbocycles. The van der Waals surface area contributed by atoms with Crippen LogP contribution in [-0.4, -0.2) is 41.5 Å². The second-order valence-corrected chi connectivity index (χ2v) is 8.75. The predicted octanol–water partition coefficient (Wildman–Crippen LogP) is 4.26. The fourth-order valence-electron chi connectivity index (χ4n) is 3.97. The number of thioether (sulfide) groups is 1. The Morgan fingerprint density at radius 3 is 2.78 bits per heavy atom. The maximum absolute atomic E-state index is 12.2. The molecule has 27 heavy (non-hydrogen) atoms. The van der Waals surface area contributed by atoms with Crippen molar-refractivity contribution in [3.8, 4) is 0 Å². The Morgan fingerprint density at radius 1 is 1.30 bits per heavy atom. The van der Waals surface area contributed by atoms with Gasteiger partial charge in [-0.3, -0.25) is 4.79 Å². The molecule has 0 aromatic heterocycles. The van der Waals surface area contributed by atoms with Gasteiger partial charge in [0.15, 0.2) is 0 Å². The van der Waals surface area contributed by atoms with Crippen LogP contribution in [0.3, 0.4) is 0 Å². The summed E-state index contributed by atoms with van der Waals surface area (Å²) in [5.74, 6) is -0.133. The fraction of sp³-hybridized carbons (Fsp3) is 0.579. The van der Waals surface area contributed by atoms with E-state index < -0.39 is 12.0 Å². The van der Waals surface area contributed by atoms with Crippen LogP contribution in [0, 0.1) is 11.8 Å². The van der Waals surface area contributed by atoms with Crippen molar-refractivity contribution in [2.75, 3.05) is 13.2 Å². The molecule has 4 unspecified atom stereocenters. The van der Waals surface area contributed by atoms with E-state index in [1.54, 1.807) is 30.8 Å². The number of esters is 1. The molecule has 5 nitrogen and oxygen atoms in total. The molecule has 1 saturated heterocycles. The van der Waals surface area contributed by atoms with E-state index in [0.29, 0.717) is 40.7 Å². The smallest absolute Gasteiger partial charge is 0.339 e. The molecular formula is C19H25Cl2NO4S. The second-order valence-electron chi connectivity index (χ2n) is 6.97. The number of hydrogen-bond donors (Lipinski definition) is 2. The van der Waals surface area contributed by atoms with Gasteiger partial charge in [0.05, 0.1) is 12.2 Å². The monoisotopic (exact) mass is 433 g/mol. The molecule has 8 heteroatoms. The first-order valence-corrected chi connectivity index (χ1v) is 10.3. The summed E-state index contributed by atoms with van der Waals surface area (Å²) in [5, 5.41) is 13.4. The lowest BCUT2D eigenvalue weighted by molar-refractivity contribution is -0.141. The van der Waals surface area contributed by atoms with E-state index in [0.717, 1.165) is 30.7 Å². The third-order valence-electron chi connectivity index (χ3n) is 5.29. The third-order valence-corrected chi connectivity index (χ3v) is 6.88. The first-order chi connectivity index (χ1) is 12.5. The zero-order chi connectivity index (χ0) is 18.7. The molecule has 1 heterocycles. The lowest BCUT2D eigenvalue weighted by Gasteiger charge is -2.41. The number of benzene rings is 1. The normalized spacial score (nSPS) is 27.2. The highest BCUT2D eigenvalue weighted by molar-refractivity contribution is 8.00. The number of aliphatic carboxylic acids is 1. The maximum Gasteiger partial charge on any atom is 0.339 e. The number of carbonyl (C=O) groups is 2. The lowest BCUT2D eigenvalue weighted by atomic mass is 9.73. The van der Waals surface area contributed by atoms with Gasteiger partial charge in [-0.1, -0.05) is 11.6 Å². The Hall–Kier alpha value is -0.950. The van der Waals surface area contributed by atoms with Gasteiger partial charge in [-0.05, 0) is 69.2 Å². The van der Waals surface area contributed by atoms with Crippen LogP contribution >= 0.6 is 35.8 Å². The number of hydrogen-bond acceptors (Lipinski definition) is 5. The van der Waals surface area contributed by atoms with Crippen molar-refractivity contribution in [1.82, 2.24) is 5.32 Å². The van der Waals surface area contributed by atoms with Gasteiger partial charge in [0, 0.05) is 15.2 Å². The highest BCUT2D eigenvalue weighted by Gasteiger charge is 2.38. The van der Waals surface area contributed by atoms with Crippen molar-refractivity contribution in [3.05, 3.63) is 28.8 Å². The summed E-state index contributed by atoms with van der Waals surface area (Å²) in [5.41, 5.74) is 0.553. The fourth-order valence-corrected chi connectivity index (χ4v) is 5.63. The first kappa shape index (κ1) is 22.3. The number of fused-ring (bicyclic) bond motifs is 1. The van der Waals surface area contributed by atoms with Gasteiger partial charge in [-0.25, -0.2) is 4.79 Å². The van der Waals surface area contributed by atoms with Crippen molar-refractivity contribution >= 4 is 47.7 Å². The Kier molecular flexibility index (Phi) is 8.28. The van der Waals surface area contributed by atoms with Crippen molar-refractivity contribution < 1.29 is 19.4 Å². The zero-order valence-corrected chi connectivity index (χ0v) is 17.5. The molecule has 4 atom stereocenters. The SMILES string of the molecule is CCOC(=O)c1ccc(Cl)cc1SC1CCC2CNC(C(=O)O)CC2C1.Cl. The number of rotatable bonds is 5. The quantitative estimate of drug-likeness (QED) is 0.675. The Labute approximate surface area is 175 Å². The van der Waals surface area contributed by atoms with Crippen molar-refractivity contribution in [3.63, 3.8) is 0 Å². The van der Waals surface area contributed by atoms with Crippen molar-refractivity contribution in [2.45, 2.75) is 48.8 Å². The van der Waals surface area contributed by atoms with Crippen LogP contribution in [0.15, 0.2) is 23.1 Å².